The van der Waals surface area contributed by atoms with E-state index in [4.69, 9.17) is 9.84 Å². The Morgan fingerprint density at radius 3 is 2.83 bits per heavy atom. The second kappa shape index (κ2) is 5.14. The molecule has 0 aliphatic carbocycles. The summed E-state index contributed by atoms with van der Waals surface area (Å²) in [5.41, 5.74) is 0.795. The summed E-state index contributed by atoms with van der Waals surface area (Å²) in [6.07, 6.45) is 1.55. The molecule has 0 saturated heterocycles. The molecule has 0 spiro atoms. The summed E-state index contributed by atoms with van der Waals surface area (Å²) in [5.74, 6) is -0.866. The van der Waals surface area contributed by atoms with Crippen LogP contribution in [-0.2, 0) is 0 Å². The van der Waals surface area contributed by atoms with Gasteiger partial charge in [0.25, 0.3) is 0 Å². The van der Waals surface area contributed by atoms with Gasteiger partial charge in [-0.15, -0.1) is 0 Å². The molecule has 2 rings (SSSR count). The summed E-state index contributed by atoms with van der Waals surface area (Å²) in [5, 5.41) is 9.08. The highest BCUT2D eigenvalue weighted by Crippen LogP contribution is 2.26. The molecular weight excluding hydrogens is 300 g/mol. The van der Waals surface area contributed by atoms with E-state index in [0.717, 1.165) is 5.69 Å². The predicted molar refractivity (Wildman–Crippen MR) is 67.9 cm³/mol. The molecule has 1 aromatic carbocycles. The number of aromatic nitrogens is 2. The number of hydrogen-bond acceptors (Lipinski definition) is 4. The summed E-state index contributed by atoms with van der Waals surface area (Å²) in [4.78, 5) is 19.1. The zero-order chi connectivity index (χ0) is 13.1. The van der Waals surface area contributed by atoms with Crippen LogP contribution in [-0.4, -0.2) is 21.0 Å². The fourth-order valence-electron chi connectivity index (χ4n) is 1.33. The van der Waals surface area contributed by atoms with Gasteiger partial charge in [-0.1, -0.05) is 15.9 Å². The van der Waals surface area contributed by atoms with Gasteiger partial charge >= 0.3 is 12.0 Å². The van der Waals surface area contributed by atoms with E-state index < -0.39 is 5.97 Å². The minimum atomic E-state index is -1.07. The van der Waals surface area contributed by atoms with Gasteiger partial charge in [0.15, 0.2) is 0 Å². The average Bonchev–Trinajstić information content (AvgIpc) is 2.31. The van der Waals surface area contributed by atoms with Crippen molar-refractivity contribution in [2.75, 3.05) is 0 Å². The first kappa shape index (κ1) is 12.5. The van der Waals surface area contributed by atoms with Crippen LogP contribution in [0.25, 0.3) is 0 Å². The molecule has 0 bridgehead atoms. The van der Waals surface area contributed by atoms with E-state index >= 15 is 0 Å². The minimum absolute atomic E-state index is 0.0504. The van der Waals surface area contributed by atoms with Crippen LogP contribution >= 0.6 is 15.9 Å². The lowest BCUT2D eigenvalue weighted by atomic mass is 10.2. The van der Waals surface area contributed by atoms with E-state index in [1.807, 2.05) is 0 Å². The molecule has 18 heavy (non-hydrogen) atoms. The second-order valence-corrected chi connectivity index (χ2v) is 4.44. The van der Waals surface area contributed by atoms with Crippen molar-refractivity contribution in [1.29, 1.82) is 0 Å². The number of aryl methyl sites for hydroxylation is 1. The number of carboxylic acid groups (broad SMARTS) is 1. The van der Waals surface area contributed by atoms with E-state index in [9.17, 15) is 4.79 Å². The van der Waals surface area contributed by atoms with Crippen LogP contribution in [0.4, 0.5) is 0 Å². The molecule has 6 heteroatoms. The Morgan fingerprint density at radius 1 is 1.39 bits per heavy atom. The molecule has 92 valence electrons. The first-order chi connectivity index (χ1) is 8.56. The van der Waals surface area contributed by atoms with E-state index in [1.54, 1.807) is 31.3 Å². The van der Waals surface area contributed by atoms with Crippen LogP contribution in [0.2, 0.25) is 0 Å². The zero-order valence-electron chi connectivity index (χ0n) is 9.42. The molecule has 2 aromatic rings. The number of aromatic carboxylic acids is 1. The van der Waals surface area contributed by atoms with Gasteiger partial charge in [0.2, 0.25) is 0 Å². The van der Waals surface area contributed by atoms with Crippen molar-refractivity contribution >= 4 is 21.9 Å². The fourth-order valence-corrected chi connectivity index (χ4v) is 1.69. The zero-order valence-corrected chi connectivity index (χ0v) is 11.0. The highest BCUT2D eigenvalue weighted by Gasteiger charge is 2.13. The van der Waals surface area contributed by atoms with Gasteiger partial charge < -0.3 is 9.84 Å². The average molecular weight is 309 g/mol. The quantitative estimate of drug-likeness (QED) is 0.943. The lowest BCUT2D eigenvalue weighted by Gasteiger charge is -2.07. The molecule has 1 N–H and O–H groups in total. The number of ether oxygens (including phenoxy) is 1. The third-order valence-electron chi connectivity index (χ3n) is 2.15. The number of rotatable bonds is 3. The van der Waals surface area contributed by atoms with Crippen molar-refractivity contribution in [3.8, 4) is 11.8 Å². The lowest BCUT2D eigenvalue weighted by molar-refractivity contribution is 0.0694. The molecule has 0 aliphatic heterocycles. The Hall–Kier alpha value is -1.95. The maximum atomic E-state index is 11.1. The van der Waals surface area contributed by atoms with Crippen molar-refractivity contribution in [3.05, 3.63) is 46.2 Å². The Labute approximate surface area is 112 Å². The van der Waals surface area contributed by atoms with Crippen LogP contribution in [0, 0.1) is 6.92 Å². The Bertz CT molecular complexity index is 602. The molecule has 0 fully saturated rings. The summed E-state index contributed by atoms with van der Waals surface area (Å²) in [6, 6.07) is 6.57. The van der Waals surface area contributed by atoms with Gasteiger partial charge in [-0.25, -0.2) is 14.8 Å². The number of hydrogen-bond donors (Lipinski definition) is 1. The van der Waals surface area contributed by atoms with E-state index in [2.05, 4.69) is 25.9 Å². The highest BCUT2D eigenvalue weighted by molar-refractivity contribution is 9.10. The summed E-state index contributed by atoms with van der Waals surface area (Å²) >= 11 is 3.21. The van der Waals surface area contributed by atoms with E-state index in [1.165, 1.54) is 6.07 Å². The van der Waals surface area contributed by atoms with Gasteiger partial charge in [0, 0.05) is 16.4 Å². The van der Waals surface area contributed by atoms with E-state index in [0.29, 0.717) is 4.47 Å². The number of carbonyl (C=O) groups is 1. The molecule has 1 heterocycles. The Morgan fingerprint density at radius 2 is 2.17 bits per heavy atom. The molecule has 0 atom stereocenters. The number of carboxylic acids is 1. The summed E-state index contributed by atoms with van der Waals surface area (Å²) in [7, 11) is 0. The molecular formula is C12H9BrN2O3. The second-order valence-electron chi connectivity index (χ2n) is 3.53. The first-order valence-corrected chi connectivity index (χ1v) is 5.86. The van der Waals surface area contributed by atoms with Crippen molar-refractivity contribution in [3.63, 3.8) is 0 Å². The topological polar surface area (TPSA) is 72.3 Å². The minimum Gasteiger partial charge on any atom is -0.478 e. The van der Waals surface area contributed by atoms with Crippen molar-refractivity contribution in [2.45, 2.75) is 6.92 Å². The molecule has 0 amide bonds. The van der Waals surface area contributed by atoms with Crippen LogP contribution in [0.1, 0.15) is 16.1 Å². The van der Waals surface area contributed by atoms with Gasteiger partial charge in [-0.3, -0.25) is 0 Å². The third-order valence-corrected chi connectivity index (χ3v) is 2.64. The maximum Gasteiger partial charge on any atom is 0.339 e. The number of benzene rings is 1. The molecule has 1 aromatic heterocycles. The Kier molecular flexibility index (Phi) is 3.57. The molecule has 0 unspecified atom stereocenters. The standard InChI is InChI=1S/C12H9BrN2O3/c1-7-4-5-14-12(15-7)18-10-3-2-8(13)6-9(10)11(16)17/h2-6H,1H3,(H,16,17). The van der Waals surface area contributed by atoms with Crippen molar-refractivity contribution < 1.29 is 14.6 Å². The lowest BCUT2D eigenvalue weighted by Crippen LogP contribution is -2.01. The highest BCUT2D eigenvalue weighted by atomic mass is 79.9. The van der Waals surface area contributed by atoms with Gasteiger partial charge in [0.1, 0.15) is 11.3 Å². The largest absolute Gasteiger partial charge is 0.478 e. The predicted octanol–water partition coefficient (Wildman–Crippen LogP) is 3.04. The molecule has 0 saturated carbocycles. The smallest absolute Gasteiger partial charge is 0.339 e. The Balaban J connectivity index is 2.37. The number of halogens is 1. The van der Waals surface area contributed by atoms with Crippen molar-refractivity contribution in [1.82, 2.24) is 9.97 Å². The van der Waals surface area contributed by atoms with Crippen LogP contribution in [0.15, 0.2) is 34.9 Å². The summed E-state index contributed by atoms with van der Waals surface area (Å²) < 4.78 is 6.05. The number of nitrogens with zero attached hydrogens (tertiary/aromatic N) is 2. The van der Waals surface area contributed by atoms with Crippen molar-refractivity contribution in [2.24, 2.45) is 0 Å². The van der Waals surface area contributed by atoms with Gasteiger partial charge in [-0.2, -0.15) is 0 Å². The first-order valence-electron chi connectivity index (χ1n) is 5.06. The fraction of sp³-hybridized carbons (Fsp3) is 0.0833. The maximum absolute atomic E-state index is 11.1. The third kappa shape index (κ3) is 2.84. The SMILES string of the molecule is Cc1ccnc(Oc2ccc(Br)cc2C(=O)O)n1. The normalized spacial score (nSPS) is 10.1. The molecule has 0 radical (unpaired) electrons. The van der Waals surface area contributed by atoms with Crippen LogP contribution < -0.4 is 4.74 Å². The van der Waals surface area contributed by atoms with E-state index in [-0.39, 0.29) is 17.3 Å². The molecule has 5 nitrogen and oxygen atoms in total. The van der Waals surface area contributed by atoms with Crippen LogP contribution in [0.3, 0.4) is 0 Å². The van der Waals surface area contributed by atoms with Gasteiger partial charge in [0.05, 0.1) is 0 Å². The molecule has 0 aliphatic rings. The monoisotopic (exact) mass is 308 g/mol. The van der Waals surface area contributed by atoms with Gasteiger partial charge in [-0.05, 0) is 31.2 Å². The summed E-state index contributed by atoms with van der Waals surface area (Å²) in [6.45, 7) is 1.80. The van der Waals surface area contributed by atoms with Crippen LogP contribution in [0.5, 0.6) is 11.8 Å².